The number of nitrogens with two attached hydrogens (primary N) is 3. The van der Waals surface area contributed by atoms with Crippen molar-refractivity contribution < 1.29 is 0 Å². The lowest BCUT2D eigenvalue weighted by molar-refractivity contribution is 0.544. The van der Waals surface area contributed by atoms with Crippen LogP contribution in [-0.2, 0) is 0 Å². The number of nitrogens with zero attached hydrogens (tertiary/aromatic N) is 1. The predicted octanol–water partition coefficient (Wildman–Crippen LogP) is -1.19. The first-order chi connectivity index (χ1) is 5.59. The molecule has 0 aliphatic rings. The van der Waals surface area contributed by atoms with Crippen molar-refractivity contribution in [1.29, 1.82) is 10.8 Å². The first-order valence-corrected chi connectivity index (χ1v) is 3.75. The maximum Gasteiger partial charge on any atom is 0.195 e. The molecule has 0 amide bonds. The third-order valence-corrected chi connectivity index (χ3v) is 1.42. The fourth-order valence-corrected chi connectivity index (χ4v) is 0.785. The van der Waals surface area contributed by atoms with Crippen molar-refractivity contribution in [2.75, 3.05) is 13.1 Å². The minimum absolute atomic E-state index is 0.195. The molecule has 0 atom stereocenters. The summed E-state index contributed by atoms with van der Waals surface area (Å²) in [4.78, 5) is 1.23. The Balaban J connectivity index is 3.80. The van der Waals surface area contributed by atoms with Gasteiger partial charge in [-0.05, 0) is 19.4 Å². The second kappa shape index (κ2) is 5.36. The van der Waals surface area contributed by atoms with Crippen LogP contribution in [0.3, 0.4) is 0 Å². The molecule has 0 rings (SSSR count). The van der Waals surface area contributed by atoms with Gasteiger partial charge in [0.05, 0.1) is 0 Å². The molecular weight excluding hydrogens is 156 g/mol. The van der Waals surface area contributed by atoms with E-state index in [0.29, 0.717) is 13.1 Å². The van der Waals surface area contributed by atoms with Crippen molar-refractivity contribution in [2.45, 2.75) is 12.8 Å². The van der Waals surface area contributed by atoms with E-state index in [2.05, 4.69) is 0 Å². The minimum atomic E-state index is -0.195. The molecule has 0 unspecified atom stereocenters. The molecule has 0 spiro atoms. The molecule has 6 nitrogen and oxygen atoms in total. The molecule has 0 saturated heterocycles. The monoisotopic (exact) mass is 172 g/mol. The summed E-state index contributed by atoms with van der Waals surface area (Å²) in [7, 11) is 0. The van der Waals surface area contributed by atoms with Gasteiger partial charge in [0.2, 0.25) is 0 Å². The van der Waals surface area contributed by atoms with Crippen molar-refractivity contribution in [3.8, 4) is 0 Å². The molecule has 70 valence electrons. The highest BCUT2D eigenvalue weighted by Gasteiger charge is 2.07. The van der Waals surface area contributed by atoms with Crippen LogP contribution >= 0.6 is 0 Å². The highest BCUT2D eigenvalue weighted by Crippen LogP contribution is 1.92. The molecule has 8 N–H and O–H groups in total. The molecule has 0 radical (unpaired) electrons. The van der Waals surface area contributed by atoms with Gasteiger partial charge < -0.3 is 17.2 Å². The highest BCUT2D eigenvalue weighted by atomic mass is 15.3. The Morgan fingerprint density at radius 2 is 1.58 bits per heavy atom. The van der Waals surface area contributed by atoms with Crippen LogP contribution in [0.2, 0.25) is 0 Å². The molecule has 6 heteroatoms. The molecule has 0 aliphatic carbocycles. The number of rotatable bonds is 4. The Bertz CT molecular complexity index is 151. The molecule has 0 bridgehead atoms. The number of unbranched alkanes of at least 4 members (excludes halogenated alkanes) is 1. The fraction of sp³-hybridized carbons (Fsp3) is 0.667. The smallest absolute Gasteiger partial charge is 0.195 e. The van der Waals surface area contributed by atoms with E-state index < -0.39 is 0 Å². The van der Waals surface area contributed by atoms with Crippen LogP contribution in [0.15, 0.2) is 0 Å². The summed E-state index contributed by atoms with van der Waals surface area (Å²) in [6.07, 6.45) is 1.63. The quantitative estimate of drug-likeness (QED) is 0.207. The van der Waals surface area contributed by atoms with Gasteiger partial charge in [-0.1, -0.05) is 0 Å². The van der Waals surface area contributed by atoms with Crippen molar-refractivity contribution in [1.82, 2.24) is 4.90 Å². The first-order valence-electron chi connectivity index (χ1n) is 3.75. The van der Waals surface area contributed by atoms with E-state index in [9.17, 15) is 0 Å². The summed E-state index contributed by atoms with van der Waals surface area (Å²) >= 11 is 0. The molecule has 0 aromatic carbocycles. The lowest BCUT2D eigenvalue weighted by Gasteiger charge is -2.19. The van der Waals surface area contributed by atoms with Gasteiger partial charge >= 0.3 is 0 Å². The third kappa shape index (κ3) is 3.77. The largest absolute Gasteiger partial charge is 0.370 e. The summed E-state index contributed by atoms with van der Waals surface area (Å²) in [6.45, 7) is 1.09. The number of nitrogens with one attached hydrogen (secondary N) is 2. The van der Waals surface area contributed by atoms with Crippen LogP contribution in [0.25, 0.3) is 0 Å². The van der Waals surface area contributed by atoms with E-state index in [1.165, 1.54) is 4.90 Å². The first kappa shape index (κ1) is 10.7. The number of hydrogen-bond donors (Lipinski definition) is 5. The van der Waals surface area contributed by atoms with Crippen molar-refractivity contribution in [2.24, 2.45) is 17.2 Å². The topological polar surface area (TPSA) is 129 Å². The SMILES string of the molecule is N=C(N)N(CCCCN)C(=N)N. The van der Waals surface area contributed by atoms with E-state index >= 15 is 0 Å². The maximum absolute atomic E-state index is 7.07. The van der Waals surface area contributed by atoms with Gasteiger partial charge in [0.15, 0.2) is 11.9 Å². The van der Waals surface area contributed by atoms with Crippen LogP contribution in [0.1, 0.15) is 12.8 Å². The van der Waals surface area contributed by atoms with Gasteiger partial charge in [-0.3, -0.25) is 15.7 Å². The van der Waals surface area contributed by atoms with Crippen molar-refractivity contribution in [3.05, 3.63) is 0 Å². The second-order valence-electron chi connectivity index (χ2n) is 2.42. The zero-order valence-corrected chi connectivity index (χ0v) is 7.01. The third-order valence-electron chi connectivity index (χ3n) is 1.42. The van der Waals surface area contributed by atoms with Crippen LogP contribution in [0, 0.1) is 10.8 Å². The van der Waals surface area contributed by atoms with Gasteiger partial charge in [-0.15, -0.1) is 0 Å². The standard InChI is InChI=1S/C6H16N6/c7-3-1-2-4-12(5(8)9)6(10)11/h1-4,7H2,(H3,8,9)(H3,10,11). The van der Waals surface area contributed by atoms with Crippen LogP contribution < -0.4 is 17.2 Å². The Morgan fingerprint density at radius 1 is 1.08 bits per heavy atom. The Morgan fingerprint density at radius 3 is 1.92 bits per heavy atom. The summed E-state index contributed by atoms with van der Waals surface area (Å²) < 4.78 is 0. The average molecular weight is 172 g/mol. The predicted molar refractivity (Wildman–Crippen MR) is 48.8 cm³/mol. The summed E-state index contributed by atoms with van der Waals surface area (Å²) in [6, 6.07) is 0. The van der Waals surface area contributed by atoms with Gasteiger partial charge in [-0.2, -0.15) is 0 Å². The second-order valence-corrected chi connectivity index (χ2v) is 2.42. The molecule has 0 aliphatic heterocycles. The Labute approximate surface area is 71.7 Å². The molecular formula is C6H16N6. The van der Waals surface area contributed by atoms with Gasteiger partial charge in [0.1, 0.15) is 0 Å². The zero-order valence-electron chi connectivity index (χ0n) is 7.01. The zero-order chi connectivity index (χ0) is 9.56. The van der Waals surface area contributed by atoms with E-state index in [0.717, 1.165) is 12.8 Å². The number of hydrogen-bond acceptors (Lipinski definition) is 3. The highest BCUT2D eigenvalue weighted by molar-refractivity contribution is 5.94. The average Bonchev–Trinajstić information content (AvgIpc) is 1.96. The molecule has 0 aromatic rings. The minimum Gasteiger partial charge on any atom is -0.370 e. The van der Waals surface area contributed by atoms with E-state index in [1.54, 1.807) is 0 Å². The number of guanidine groups is 2. The van der Waals surface area contributed by atoms with Gasteiger partial charge in [0, 0.05) is 6.54 Å². The molecule has 12 heavy (non-hydrogen) atoms. The van der Waals surface area contributed by atoms with Crippen LogP contribution in [0.5, 0.6) is 0 Å². The van der Waals surface area contributed by atoms with E-state index in [4.69, 9.17) is 28.0 Å². The summed E-state index contributed by atoms with van der Waals surface area (Å²) in [5.74, 6) is -0.390. The van der Waals surface area contributed by atoms with Gasteiger partial charge in [0.25, 0.3) is 0 Å². The maximum atomic E-state index is 7.07. The van der Waals surface area contributed by atoms with Crippen molar-refractivity contribution in [3.63, 3.8) is 0 Å². The molecule has 0 fully saturated rings. The van der Waals surface area contributed by atoms with E-state index in [-0.39, 0.29) is 11.9 Å². The molecule has 0 heterocycles. The fourth-order valence-electron chi connectivity index (χ4n) is 0.785. The van der Waals surface area contributed by atoms with Crippen molar-refractivity contribution >= 4 is 11.9 Å². The van der Waals surface area contributed by atoms with Gasteiger partial charge in [-0.25, -0.2) is 0 Å². The Hall–Kier alpha value is -1.30. The lowest BCUT2D eigenvalue weighted by Crippen LogP contribution is -2.45. The van der Waals surface area contributed by atoms with Crippen LogP contribution in [0.4, 0.5) is 0 Å². The lowest BCUT2D eigenvalue weighted by atomic mass is 10.3. The van der Waals surface area contributed by atoms with E-state index in [1.807, 2.05) is 0 Å². The normalized spacial score (nSPS) is 9.42. The summed E-state index contributed by atoms with van der Waals surface area (Å²) in [5, 5.41) is 14.1. The molecule has 0 saturated carbocycles. The Kier molecular flexibility index (Phi) is 4.78. The summed E-state index contributed by atoms with van der Waals surface area (Å²) in [5.41, 5.74) is 15.6. The van der Waals surface area contributed by atoms with Crippen LogP contribution in [-0.4, -0.2) is 29.9 Å². The molecule has 0 aromatic heterocycles.